The van der Waals surface area contributed by atoms with Crippen molar-refractivity contribution < 1.29 is 14.3 Å². The van der Waals surface area contributed by atoms with Crippen LogP contribution in [0.2, 0.25) is 0 Å². The molecule has 2 aromatic carbocycles. The number of hydrogen-bond donors (Lipinski definition) is 2. The Hall–Kier alpha value is -3.59. The highest BCUT2D eigenvalue weighted by Crippen LogP contribution is 2.23. The van der Waals surface area contributed by atoms with Crippen molar-refractivity contribution in [3.63, 3.8) is 0 Å². The van der Waals surface area contributed by atoms with E-state index in [9.17, 15) is 14.4 Å². The van der Waals surface area contributed by atoms with Crippen LogP contribution in [0.4, 0.5) is 11.5 Å². The molecule has 0 atom stereocenters. The molecule has 9 heteroatoms. The van der Waals surface area contributed by atoms with Gasteiger partial charge in [-0.3, -0.25) is 14.2 Å². The first kappa shape index (κ1) is 20.2. The fourth-order valence-electron chi connectivity index (χ4n) is 2.61. The molecule has 0 aliphatic heterocycles. The molecule has 0 unspecified atom stereocenters. The number of anilines is 2. The summed E-state index contributed by atoms with van der Waals surface area (Å²) in [6.45, 7) is 0. The molecule has 29 heavy (non-hydrogen) atoms. The topological polar surface area (TPSA) is 116 Å². The fraction of sp³-hybridized carbons (Fsp3) is 0.100. The van der Waals surface area contributed by atoms with Gasteiger partial charge in [-0.05, 0) is 24.3 Å². The number of rotatable bonds is 6. The number of ether oxygens (including phenoxy) is 1. The number of methoxy groups -OCH3 is 1. The van der Waals surface area contributed by atoms with E-state index in [1.54, 1.807) is 28.8 Å². The zero-order valence-corrected chi connectivity index (χ0v) is 16.3. The molecule has 3 N–H and O–H groups in total. The second-order valence-electron chi connectivity index (χ2n) is 5.85. The van der Waals surface area contributed by atoms with E-state index < -0.39 is 11.5 Å². The first-order valence-electron chi connectivity index (χ1n) is 8.54. The van der Waals surface area contributed by atoms with Crippen molar-refractivity contribution in [1.82, 2.24) is 9.55 Å². The van der Waals surface area contributed by atoms with Crippen LogP contribution in [-0.2, 0) is 9.53 Å². The summed E-state index contributed by atoms with van der Waals surface area (Å²) in [7, 11) is 1.27. The van der Waals surface area contributed by atoms with Crippen LogP contribution in [0.25, 0.3) is 5.69 Å². The molecule has 3 rings (SSSR count). The Morgan fingerprint density at radius 1 is 1.14 bits per heavy atom. The van der Waals surface area contributed by atoms with Gasteiger partial charge in [0.1, 0.15) is 5.82 Å². The second-order valence-corrected chi connectivity index (χ2v) is 6.79. The van der Waals surface area contributed by atoms with Crippen LogP contribution < -0.4 is 16.6 Å². The van der Waals surface area contributed by atoms with Gasteiger partial charge in [0.25, 0.3) is 5.56 Å². The van der Waals surface area contributed by atoms with Crippen molar-refractivity contribution in [3.8, 4) is 5.69 Å². The molecule has 148 valence electrons. The van der Waals surface area contributed by atoms with Gasteiger partial charge in [0.15, 0.2) is 5.16 Å². The smallest absolute Gasteiger partial charge is 0.339 e. The van der Waals surface area contributed by atoms with Crippen LogP contribution in [0.5, 0.6) is 0 Å². The molecule has 1 heterocycles. The number of nitrogens with one attached hydrogen (secondary N) is 1. The zero-order valence-electron chi connectivity index (χ0n) is 15.5. The Morgan fingerprint density at radius 2 is 1.83 bits per heavy atom. The van der Waals surface area contributed by atoms with E-state index in [1.165, 1.54) is 13.2 Å². The van der Waals surface area contributed by atoms with Gasteiger partial charge in [-0.2, -0.15) is 4.98 Å². The highest BCUT2D eigenvalue weighted by molar-refractivity contribution is 7.99. The van der Waals surface area contributed by atoms with Crippen molar-refractivity contribution in [2.75, 3.05) is 23.9 Å². The first-order valence-corrected chi connectivity index (χ1v) is 9.53. The minimum Gasteiger partial charge on any atom is -0.465 e. The lowest BCUT2D eigenvalue weighted by Gasteiger charge is -2.15. The lowest BCUT2D eigenvalue weighted by Crippen LogP contribution is -2.20. The summed E-state index contributed by atoms with van der Waals surface area (Å²) in [4.78, 5) is 40.1. The van der Waals surface area contributed by atoms with Gasteiger partial charge in [-0.1, -0.05) is 42.1 Å². The molecule has 0 saturated carbocycles. The van der Waals surface area contributed by atoms with Crippen LogP contribution in [0.1, 0.15) is 10.4 Å². The molecule has 0 bridgehead atoms. The summed E-state index contributed by atoms with van der Waals surface area (Å²) in [5.41, 5.74) is 6.82. The number of benzene rings is 2. The number of thioether (sulfide) groups is 1. The highest BCUT2D eigenvalue weighted by Gasteiger charge is 2.15. The normalized spacial score (nSPS) is 10.4. The third-order valence-electron chi connectivity index (χ3n) is 3.88. The Morgan fingerprint density at radius 3 is 2.55 bits per heavy atom. The minimum atomic E-state index is -0.552. The number of esters is 1. The number of carbonyl (C=O) groups is 2. The maximum absolute atomic E-state index is 12.4. The predicted molar refractivity (Wildman–Crippen MR) is 111 cm³/mol. The Labute approximate surface area is 170 Å². The van der Waals surface area contributed by atoms with Gasteiger partial charge < -0.3 is 15.8 Å². The third-order valence-corrected chi connectivity index (χ3v) is 4.82. The number of nitrogen functional groups attached to an aromatic ring is 1. The molecule has 1 amide bonds. The largest absolute Gasteiger partial charge is 0.465 e. The number of para-hydroxylation sites is 2. The molecule has 0 aliphatic carbocycles. The van der Waals surface area contributed by atoms with E-state index in [1.807, 2.05) is 30.3 Å². The van der Waals surface area contributed by atoms with E-state index in [0.717, 1.165) is 17.4 Å². The van der Waals surface area contributed by atoms with Crippen LogP contribution >= 0.6 is 11.8 Å². The Kier molecular flexibility index (Phi) is 6.30. The Bertz CT molecular complexity index is 1100. The summed E-state index contributed by atoms with van der Waals surface area (Å²) in [6.07, 6.45) is 0. The number of nitrogens with two attached hydrogens (primary N) is 1. The Balaban J connectivity index is 1.80. The van der Waals surface area contributed by atoms with Crippen molar-refractivity contribution in [3.05, 3.63) is 76.6 Å². The van der Waals surface area contributed by atoms with Gasteiger partial charge in [0, 0.05) is 11.8 Å². The number of nitrogens with zero attached hydrogens (tertiary/aromatic N) is 2. The van der Waals surface area contributed by atoms with Crippen LogP contribution in [0, 0.1) is 0 Å². The molecule has 0 radical (unpaired) electrons. The highest BCUT2D eigenvalue weighted by atomic mass is 32.2. The van der Waals surface area contributed by atoms with E-state index in [4.69, 9.17) is 10.5 Å². The summed E-state index contributed by atoms with van der Waals surface area (Å²) >= 11 is 1.06. The molecule has 0 spiro atoms. The van der Waals surface area contributed by atoms with E-state index in [-0.39, 0.29) is 28.2 Å². The molecule has 0 fully saturated rings. The van der Waals surface area contributed by atoms with Crippen molar-refractivity contribution >= 4 is 35.1 Å². The maximum Gasteiger partial charge on any atom is 0.339 e. The van der Waals surface area contributed by atoms with Crippen molar-refractivity contribution in [2.45, 2.75) is 5.16 Å². The fourth-order valence-corrected chi connectivity index (χ4v) is 3.43. The van der Waals surface area contributed by atoms with Crippen LogP contribution in [0.3, 0.4) is 0 Å². The van der Waals surface area contributed by atoms with Crippen LogP contribution in [0.15, 0.2) is 70.6 Å². The van der Waals surface area contributed by atoms with Crippen molar-refractivity contribution in [2.24, 2.45) is 0 Å². The van der Waals surface area contributed by atoms with Gasteiger partial charge in [0.05, 0.1) is 24.1 Å². The standard InChI is InChI=1S/C20H18N4O4S/c1-28-19(27)14-9-5-6-10-15(14)22-18(26)12-29-20-23-17(25)11-16(21)24(20)13-7-3-2-4-8-13/h2-11H,12,21H2,1H3,(H,22,26). The van der Waals surface area contributed by atoms with Gasteiger partial charge in [-0.25, -0.2) is 4.79 Å². The van der Waals surface area contributed by atoms with Crippen molar-refractivity contribution in [1.29, 1.82) is 0 Å². The average Bonchev–Trinajstić information content (AvgIpc) is 2.72. The zero-order chi connectivity index (χ0) is 20.8. The monoisotopic (exact) mass is 410 g/mol. The van der Waals surface area contributed by atoms with Gasteiger partial charge >= 0.3 is 5.97 Å². The quantitative estimate of drug-likeness (QED) is 0.364. The van der Waals surface area contributed by atoms with E-state index in [2.05, 4.69) is 10.3 Å². The number of carbonyl (C=O) groups excluding carboxylic acids is 2. The van der Waals surface area contributed by atoms with Gasteiger partial charge in [-0.15, -0.1) is 0 Å². The van der Waals surface area contributed by atoms with E-state index in [0.29, 0.717) is 5.69 Å². The predicted octanol–water partition coefficient (Wildman–Crippen LogP) is 2.33. The second kappa shape index (κ2) is 9.07. The van der Waals surface area contributed by atoms with Crippen LogP contribution in [-0.4, -0.2) is 34.3 Å². The molecule has 0 saturated heterocycles. The lowest BCUT2D eigenvalue weighted by atomic mass is 10.2. The molecular formula is C20H18N4O4S. The molecule has 1 aromatic heterocycles. The summed E-state index contributed by atoms with van der Waals surface area (Å²) in [6, 6.07) is 16.9. The van der Waals surface area contributed by atoms with E-state index >= 15 is 0 Å². The number of aromatic nitrogens is 2. The number of hydrogen-bond acceptors (Lipinski definition) is 7. The molecule has 0 aliphatic rings. The summed E-state index contributed by atoms with van der Waals surface area (Å²) in [5, 5.41) is 2.97. The summed E-state index contributed by atoms with van der Waals surface area (Å²) in [5.74, 6) is -0.750. The lowest BCUT2D eigenvalue weighted by molar-refractivity contribution is -0.113. The molecular weight excluding hydrogens is 392 g/mol. The minimum absolute atomic E-state index is 0.0434. The molecule has 8 nitrogen and oxygen atoms in total. The first-order chi connectivity index (χ1) is 14.0. The average molecular weight is 410 g/mol. The maximum atomic E-state index is 12.4. The summed E-state index contributed by atoms with van der Waals surface area (Å²) < 4.78 is 6.32. The SMILES string of the molecule is COC(=O)c1ccccc1NC(=O)CSc1nc(=O)cc(N)n1-c1ccccc1. The molecule has 3 aromatic rings. The third kappa shape index (κ3) is 4.82. The number of amides is 1. The van der Waals surface area contributed by atoms with Gasteiger partial charge in [0.2, 0.25) is 5.91 Å².